The Kier molecular flexibility index (Phi) is 4.32. The Bertz CT molecular complexity index is 610. The molecular formula is C14H10BrF4N. The minimum absolute atomic E-state index is 0.294. The number of halogens is 5. The molecule has 2 aromatic rings. The summed E-state index contributed by atoms with van der Waals surface area (Å²) in [5.74, 6) is -0.375. The van der Waals surface area contributed by atoms with Gasteiger partial charge in [0.15, 0.2) is 0 Å². The lowest BCUT2D eigenvalue weighted by Gasteiger charge is -2.11. The minimum Gasteiger partial charge on any atom is -0.381 e. The average molecular weight is 348 g/mol. The lowest BCUT2D eigenvalue weighted by molar-refractivity contribution is -0.137. The van der Waals surface area contributed by atoms with Crippen LogP contribution < -0.4 is 5.32 Å². The summed E-state index contributed by atoms with van der Waals surface area (Å²) in [7, 11) is 0. The first kappa shape index (κ1) is 14.8. The topological polar surface area (TPSA) is 12.0 Å². The van der Waals surface area contributed by atoms with Gasteiger partial charge in [-0.1, -0.05) is 28.1 Å². The van der Waals surface area contributed by atoms with Crippen molar-refractivity contribution in [3.8, 4) is 0 Å². The van der Waals surface area contributed by atoms with Crippen LogP contribution in [-0.4, -0.2) is 0 Å². The van der Waals surface area contributed by atoms with E-state index in [-0.39, 0.29) is 5.82 Å². The molecule has 0 unspecified atom stereocenters. The van der Waals surface area contributed by atoms with E-state index in [0.29, 0.717) is 16.7 Å². The van der Waals surface area contributed by atoms with Gasteiger partial charge >= 0.3 is 6.18 Å². The van der Waals surface area contributed by atoms with Crippen LogP contribution in [0.4, 0.5) is 23.2 Å². The smallest absolute Gasteiger partial charge is 0.381 e. The van der Waals surface area contributed by atoms with Crippen molar-refractivity contribution in [2.24, 2.45) is 0 Å². The zero-order valence-electron chi connectivity index (χ0n) is 10.1. The highest BCUT2D eigenvalue weighted by molar-refractivity contribution is 9.10. The highest BCUT2D eigenvalue weighted by atomic mass is 79.9. The number of hydrogen-bond donors (Lipinski definition) is 1. The van der Waals surface area contributed by atoms with Gasteiger partial charge in [0.25, 0.3) is 0 Å². The molecule has 0 aliphatic heterocycles. The van der Waals surface area contributed by atoms with Crippen molar-refractivity contribution in [3.63, 3.8) is 0 Å². The van der Waals surface area contributed by atoms with E-state index in [1.165, 1.54) is 18.2 Å². The van der Waals surface area contributed by atoms with Crippen LogP contribution in [0.3, 0.4) is 0 Å². The Morgan fingerprint density at radius 2 is 1.80 bits per heavy atom. The summed E-state index contributed by atoms with van der Waals surface area (Å²) in [6, 6.07) is 9.12. The summed E-state index contributed by atoms with van der Waals surface area (Å²) >= 11 is 3.21. The molecule has 1 nitrogen and oxygen atoms in total. The standard InChI is InChI=1S/C14H10BrF4N/c15-13-7-11(16)5-4-9(13)8-20-12-3-1-2-10(6-12)14(17,18)19/h1-7,20H,8H2. The van der Waals surface area contributed by atoms with Crippen molar-refractivity contribution in [1.82, 2.24) is 0 Å². The molecule has 0 aliphatic carbocycles. The normalized spacial score (nSPS) is 11.4. The fraction of sp³-hybridized carbons (Fsp3) is 0.143. The molecule has 0 aromatic heterocycles. The number of rotatable bonds is 3. The zero-order chi connectivity index (χ0) is 14.8. The first-order valence-electron chi connectivity index (χ1n) is 5.71. The zero-order valence-corrected chi connectivity index (χ0v) is 11.7. The fourth-order valence-corrected chi connectivity index (χ4v) is 2.16. The van der Waals surface area contributed by atoms with Crippen LogP contribution in [0.25, 0.3) is 0 Å². The average Bonchev–Trinajstić information content (AvgIpc) is 2.37. The Morgan fingerprint density at radius 3 is 2.45 bits per heavy atom. The van der Waals surface area contributed by atoms with Gasteiger partial charge in [-0.2, -0.15) is 13.2 Å². The van der Waals surface area contributed by atoms with Crippen LogP contribution in [-0.2, 0) is 12.7 Å². The molecule has 1 N–H and O–H groups in total. The third kappa shape index (κ3) is 3.72. The molecular weight excluding hydrogens is 338 g/mol. The van der Waals surface area contributed by atoms with Crippen LogP contribution in [0.5, 0.6) is 0 Å². The van der Waals surface area contributed by atoms with Gasteiger partial charge in [0, 0.05) is 16.7 Å². The van der Waals surface area contributed by atoms with E-state index in [1.807, 2.05) is 0 Å². The van der Waals surface area contributed by atoms with Crippen LogP contribution in [0, 0.1) is 5.82 Å². The third-order valence-electron chi connectivity index (χ3n) is 2.69. The molecule has 2 rings (SSSR count). The van der Waals surface area contributed by atoms with Crippen molar-refractivity contribution in [2.45, 2.75) is 12.7 Å². The Morgan fingerprint density at radius 1 is 1.05 bits per heavy atom. The fourth-order valence-electron chi connectivity index (χ4n) is 1.67. The Labute approximate surface area is 121 Å². The first-order chi connectivity index (χ1) is 9.36. The van der Waals surface area contributed by atoms with E-state index in [2.05, 4.69) is 21.2 Å². The van der Waals surface area contributed by atoms with Crippen LogP contribution in [0.15, 0.2) is 46.9 Å². The lowest BCUT2D eigenvalue weighted by Crippen LogP contribution is -2.06. The molecule has 0 radical (unpaired) electrons. The van der Waals surface area contributed by atoms with E-state index in [0.717, 1.165) is 17.7 Å². The SMILES string of the molecule is Fc1ccc(CNc2cccc(C(F)(F)F)c2)c(Br)c1. The maximum atomic E-state index is 12.9. The minimum atomic E-state index is -4.37. The van der Waals surface area contributed by atoms with Gasteiger partial charge in [-0.25, -0.2) is 4.39 Å². The summed E-state index contributed by atoms with van der Waals surface area (Å²) < 4.78 is 51.2. The number of nitrogens with one attached hydrogen (secondary N) is 1. The summed E-state index contributed by atoms with van der Waals surface area (Å²) in [4.78, 5) is 0. The summed E-state index contributed by atoms with van der Waals surface area (Å²) in [6.07, 6.45) is -4.37. The van der Waals surface area contributed by atoms with E-state index in [9.17, 15) is 17.6 Å². The van der Waals surface area contributed by atoms with Crippen LogP contribution >= 0.6 is 15.9 Å². The van der Waals surface area contributed by atoms with Crippen molar-refractivity contribution in [1.29, 1.82) is 0 Å². The molecule has 0 spiro atoms. The third-order valence-corrected chi connectivity index (χ3v) is 3.43. The van der Waals surface area contributed by atoms with Gasteiger partial charge in [0.05, 0.1) is 5.56 Å². The van der Waals surface area contributed by atoms with E-state index < -0.39 is 11.7 Å². The molecule has 0 saturated carbocycles. The second-order valence-corrected chi connectivity index (χ2v) is 5.02. The Balaban J connectivity index is 2.11. The molecule has 0 aliphatic rings. The maximum absolute atomic E-state index is 12.9. The summed E-state index contributed by atoms with van der Waals surface area (Å²) in [6.45, 7) is 0.294. The van der Waals surface area contributed by atoms with E-state index in [4.69, 9.17) is 0 Å². The van der Waals surface area contributed by atoms with Crippen molar-refractivity contribution < 1.29 is 17.6 Å². The predicted octanol–water partition coefficient (Wildman–Crippen LogP) is 5.22. The molecule has 0 bridgehead atoms. The quantitative estimate of drug-likeness (QED) is 0.750. The maximum Gasteiger partial charge on any atom is 0.416 e. The Hall–Kier alpha value is -1.56. The van der Waals surface area contributed by atoms with Crippen molar-refractivity contribution in [2.75, 3.05) is 5.32 Å². The second-order valence-electron chi connectivity index (χ2n) is 4.17. The van der Waals surface area contributed by atoms with E-state index >= 15 is 0 Å². The summed E-state index contributed by atoms with van der Waals surface area (Å²) in [5, 5.41) is 2.88. The molecule has 6 heteroatoms. The van der Waals surface area contributed by atoms with Gasteiger partial charge in [-0.3, -0.25) is 0 Å². The van der Waals surface area contributed by atoms with Gasteiger partial charge in [-0.15, -0.1) is 0 Å². The van der Waals surface area contributed by atoms with Crippen molar-refractivity contribution >= 4 is 21.6 Å². The molecule has 106 valence electrons. The van der Waals surface area contributed by atoms with Crippen LogP contribution in [0.2, 0.25) is 0 Å². The second kappa shape index (κ2) is 5.83. The monoisotopic (exact) mass is 347 g/mol. The molecule has 20 heavy (non-hydrogen) atoms. The highest BCUT2D eigenvalue weighted by Gasteiger charge is 2.30. The van der Waals surface area contributed by atoms with Gasteiger partial charge in [0.1, 0.15) is 5.82 Å². The predicted molar refractivity (Wildman–Crippen MR) is 72.9 cm³/mol. The largest absolute Gasteiger partial charge is 0.416 e. The molecule has 2 aromatic carbocycles. The van der Waals surface area contributed by atoms with Gasteiger partial charge in [0.2, 0.25) is 0 Å². The molecule has 0 saturated heterocycles. The highest BCUT2D eigenvalue weighted by Crippen LogP contribution is 2.30. The van der Waals surface area contributed by atoms with Gasteiger partial charge in [-0.05, 0) is 35.9 Å². The molecule has 0 heterocycles. The van der Waals surface area contributed by atoms with E-state index in [1.54, 1.807) is 12.1 Å². The molecule has 0 fully saturated rings. The summed E-state index contributed by atoms with van der Waals surface area (Å²) in [5.41, 5.74) is 0.403. The van der Waals surface area contributed by atoms with Crippen molar-refractivity contribution in [3.05, 3.63) is 63.9 Å². The van der Waals surface area contributed by atoms with Crippen LogP contribution in [0.1, 0.15) is 11.1 Å². The number of anilines is 1. The molecule has 0 amide bonds. The van der Waals surface area contributed by atoms with Gasteiger partial charge < -0.3 is 5.32 Å². The first-order valence-corrected chi connectivity index (χ1v) is 6.50. The number of hydrogen-bond acceptors (Lipinski definition) is 1. The number of benzene rings is 2. The lowest BCUT2D eigenvalue weighted by atomic mass is 10.1. The molecule has 0 atom stereocenters. The number of alkyl halides is 3.